The van der Waals surface area contributed by atoms with Crippen LogP contribution in [0.5, 0.6) is 0 Å². The van der Waals surface area contributed by atoms with E-state index in [1.165, 1.54) is 12.2 Å². The molecular formula is C9H12F3NO. The topological polar surface area (TPSA) is 29.1 Å². The molecule has 0 aromatic rings. The molecule has 0 bridgehead atoms. The first-order valence-corrected chi connectivity index (χ1v) is 4.04. The van der Waals surface area contributed by atoms with Crippen molar-refractivity contribution in [3.8, 4) is 0 Å². The molecule has 5 heteroatoms. The Bertz CT molecular complexity index is 243. The predicted octanol–water partition coefficient (Wildman–Crippen LogP) is 2.19. The number of nitrogens with one attached hydrogen (secondary N) is 1. The highest BCUT2D eigenvalue weighted by Gasteiger charge is 2.26. The number of hydrogen-bond acceptors (Lipinski definition) is 1. The molecule has 0 spiro atoms. The van der Waals surface area contributed by atoms with E-state index in [4.69, 9.17) is 0 Å². The molecule has 0 radical (unpaired) electrons. The summed E-state index contributed by atoms with van der Waals surface area (Å²) in [6.45, 7) is 4.56. The second-order valence-electron chi connectivity index (χ2n) is 2.57. The van der Waals surface area contributed by atoms with Crippen molar-refractivity contribution < 1.29 is 18.0 Å². The van der Waals surface area contributed by atoms with Crippen molar-refractivity contribution in [3.63, 3.8) is 0 Å². The van der Waals surface area contributed by atoms with Gasteiger partial charge >= 0.3 is 6.18 Å². The number of rotatable bonds is 4. The summed E-state index contributed by atoms with van der Waals surface area (Å²) in [5.74, 6) is -0.535. The zero-order chi connectivity index (χ0) is 11.2. The fourth-order valence-corrected chi connectivity index (χ4v) is 0.761. The van der Waals surface area contributed by atoms with E-state index in [9.17, 15) is 18.0 Å². The van der Waals surface area contributed by atoms with E-state index in [0.29, 0.717) is 0 Å². The molecule has 0 aromatic carbocycles. The first-order chi connectivity index (χ1) is 6.40. The Kier molecular flexibility index (Phi) is 4.97. The van der Waals surface area contributed by atoms with E-state index in [2.05, 4.69) is 11.9 Å². The average molecular weight is 207 g/mol. The minimum atomic E-state index is -4.24. The summed E-state index contributed by atoms with van der Waals surface area (Å²) in [7, 11) is 0. The first kappa shape index (κ1) is 12.7. The van der Waals surface area contributed by atoms with Gasteiger partial charge in [-0.25, -0.2) is 0 Å². The molecule has 0 aliphatic rings. The largest absolute Gasteiger partial charge is 0.390 e. The monoisotopic (exact) mass is 207 g/mol. The van der Waals surface area contributed by atoms with E-state index in [0.717, 1.165) is 0 Å². The predicted molar refractivity (Wildman–Crippen MR) is 47.6 cm³/mol. The molecule has 1 N–H and O–H groups in total. The fourth-order valence-electron chi connectivity index (χ4n) is 0.761. The average Bonchev–Trinajstić information content (AvgIpc) is 2.04. The van der Waals surface area contributed by atoms with Crippen LogP contribution in [0.2, 0.25) is 0 Å². The molecule has 0 fully saturated rings. The normalized spacial score (nSPS) is 12.4. The maximum absolute atomic E-state index is 11.7. The fraction of sp³-hybridized carbons (Fsp3) is 0.444. The van der Waals surface area contributed by atoms with Crippen molar-refractivity contribution >= 4 is 5.91 Å². The van der Waals surface area contributed by atoms with Crippen molar-refractivity contribution in [2.24, 2.45) is 0 Å². The van der Waals surface area contributed by atoms with E-state index in [-0.39, 0.29) is 5.57 Å². The lowest BCUT2D eigenvalue weighted by atomic mass is 10.2. The van der Waals surface area contributed by atoms with Crippen molar-refractivity contribution in [2.75, 3.05) is 6.54 Å². The Morgan fingerprint density at radius 1 is 1.50 bits per heavy atom. The van der Waals surface area contributed by atoms with Gasteiger partial charge in [-0.05, 0) is 6.92 Å². The molecule has 0 aliphatic heterocycles. The molecule has 14 heavy (non-hydrogen) atoms. The number of carbonyl (C=O) groups is 1. The van der Waals surface area contributed by atoms with Gasteiger partial charge in [-0.2, -0.15) is 13.2 Å². The van der Waals surface area contributed by atoms with Crippen LogP contribution in [0.4, 0.5) is 13.2 Å². The third-order valence-corrected chi connectivity index (χ3v) is 1.49. The Morgan fingerprint density at radius 3 is 2.43 bits per heavy atom. The van der Waals surface area contributed by atoms with Crippen LogP contribution < -0.4 is 5.32 Å². The highest BCUT2D eigenvalue weighted by Crippen LogP contribution is 2.18. The number of alkyl halides is 3. The smallest absolute Gasteiger partial charge is 0.352 e. The molecular weight excluding hydrogens is 195 g/mol. The molecule has 0 saturated carbocycles. The van der Waals surface area contributed by atoms with Crippen LogP contribution in [0.3, 0.4) is 0 Å². The number of allylic oxidation sites excluding steroid dienone is 1. The van der Waals surface area contributed by atoms with Gasteiger partial charge < -0.3 is 5.32 Å². The van der Waals surface area contributed by atoms with Crippen molar-refractivity contribution in [1.82, 2.24) is 5.32 Å². The van der Waals surface area contributed by atoms with Crippen LogP contribution in [-0.2, 0) is 4.79 Å². The maximum atomic E-state index is 11.7. The quantitative estimate of drug-likeness (QED) is 0.555. The molecule has 0 atom stereocenters. The minimum absolute atomic E-state index is 0.271. The van der Waals surface area contributed by atoms with Gasteiger partial charge in [0.15, 0.2) is 0 Å². The number of halogens is 3. The molecule has 0 rings (SSSR count). The summed E-state index contributed by atoms with van der Waals surface area (Å²) in [5.41, 5.74) is 0.271. The van der Waals surface area contributed by atoms with Crippen LogP contribution >= 0.6 is 0 Å². The standard InChI is InChI=1S/C9H12F3NO/c1-3-7(4-2)8(14)13-6-5-9(10,11)12/h3-4H,1,5-6H2,2H3,(H,13,14). The summed E-state index contributed by atoms with van der Waals surface area (Å²) in [5, 5.41) is 2.14. The second kappa shape index (κ2) is 5.47. The number of amides is 1. The Morgan fingerprint density at radius 2 is 2.07 bits per heavy atom. The summed E-state index contributed by atoms with van der Waals surface area (Å²) < 4.78 is 35.1. The van der Waals surface area contributed by atoms with Crippen LogP contribution in [0.1, 0.15) is 13.3 Å². The van der Waals surface area contributed by atoms with Gasteiger partial charge in [0, 0.05) is 12.1 Å². The van der Waals surface area contributed by atoms with E-state index < -0.39 is 25.0 Å². The molecule has 80 valence electrons. The molecule has 0 aliphatic carbocycles. The lowest BCUT2D eigenvalue weighted by Crippen LogP contribution is -2.28. The first-order valence-electron chi connectivity index (χ1n) is 4.04. The van der Waals surface area contributed by atoms with Crippen LogP contribution in [0.25, 0.3) is 0 Å². The Labute approximate surface area is 80.5 Å². The van der Waals surface area contributed by atoms with Crippen molar-refractivity contribution in [2.45, 2.75) is 19.5 Å². The molecule has 1 amide bonds. The Balaban J connectivity index is 3.92. The third kappa shape index (κ3) is 5.40. The van der Waals surface area contributed by atoms with Crippen LogP contribution in [-0.4, -0.2) is 18.6 Å². The lowest BCUT2D eigenvalue weighted by molar-refractivity contribution is -0.134. The van der Waals surface area contributed by atoms with E-state index in [1.807, 2.05) is 0 Å². The molecule has 0 aromatic heterocycles. The highest BCUT2D eigenvalue weighted by atomic mass is 19.4. The highest BCUT2D eigenvalue weighted by molar-refractivity contribution is 5.95. The van der Waals surface area contributed by atoms with Gasteiger partial charge in [0.25, 0.3) is 5.91 Å². The summed E-state index contributed by atoms with van der Waals surface area (Å²) in [4.78, 5) is 11.1. The second-order valence-corrected chi connectivity index (χ2v) is 2.57. The summed E-state index contributed by atoms with van der Waals surface area (Å²) in [6.07, 6.45) is -2.48. The molecule has 0 saturated heterocycles. The zero-order valence-corrected chi connectivity index (χ0v) is 7.82. The van der Waals surface area contributed by atoms with Gasteiger partial charge in [-0.3, -0.25) is 4.79 Å². The lowest BCUT2D eigenvalue weighted by Gasteiger charge is -2.07. The van der Waals surface area contributed by atoms with Gasteiger partial charge in [-0.15, -0.1) is 0 Å². The van der Waals surface area contributed by atoms with Crippen LogP contribution in [0, 0.1) is 0 Å². The van der Waals surface area contributed by atoms with E-state index >= 15 is 0 Å². The van der Waals surface area contributed by atoms with Crippen LogP contribution in [0.15, 0.2) is 24.3 Å². The van der Waals surface area contributed by atoms with Gasteiger partial charge in [-0.1, -0.05) is 18.7 Å². The van der Waals surface area contributed by atoms with Gasteiger partial charge in [0.1, 0.15) is 0 Å². The Hall–Kier alpha value is -1.26. The molecule has 0 heterocycles. The molecule has 0 unspecified atom stereocenters. The number of hydrogen-bond donors (Lipinski definition) is 1. The summed E-state index contributed by atoms with van der Waals surface area (Å²) >= 11 is 0. The third-order valence-electron chi connectivity index (χ3n) is 1.49. The van der Waals surface area contributed by atoms with Crippen molar-refractivity contribution in [3.05, 3.63) is 24.3 Å². The zero-order valence-electron chi connectivity index (χ0n) is 7.82. The summed E-state index contributed by atoms with van der Waals surface area (Å²) in [6, 6.07) is 0. The minimum Gasteiger partial charge on any atom is -0.352 e. The number of carbonyl (C=O) groups excluding carboxylic acids is 1. The maximum Gasteiger partial charge on any atom is 0.390 e. The van der Waals surface area contributed by atoms with Crippen molar-refractivity contribution in [1.29, 1.82) is 0 Å². The SMILES string of the molecule is C=CC(=CC)C(=O)NCCC(F)(F)F. The van der Waals surface area contributed by atoms with Gasteiger partial charge in [0.05, 0.1) is 6.42 Å². The molecule has 2 nitrogen and oxygen atoms in total. The van der Waals surface area contributed by atoms with Gasteiger partial charge in [0.2, 0.25) is 0 Å². The van der Waals surface area contributed by atoms with E-state index in [1.54, 1.807) is 6.92 Å².